The predicted octanol–water partition coefficient (Wildman–Crippen LogP) is 0.675. The van der Waals surface area contributed by atoms with Crippen molar-refractivity contribution in [3.63, 3.8) is 0 Å². The topological polar surface area (TPSA) is 69.6 Å². The minimum absolute atomic E-state index is 0.0656. The number of amides is 2. The number of hydrogen-bond acceptors (Lipinski definition) is 3. The highest BCUT2D eigenvalue weighted by Gasteiger charge is 2.35. The highest BCUT2D eigenvalue weighted by Crippen LogP contribution is 2.17. The van der Waals surface area contributed by atoms with Crippen molar-refractivity contribution in [2.45, 2.75) is 38.5 Å². The second kappa shape index (κ2) is 5.63. The molecule has 108 valence electrons. The van der Waals surface area contributed by atoms with E-state index < -0.39 is 11.6 Å². The molecule has 2 rings (SSSR count). The first-order valence-electron chi connectivity index (χ1n) is 6.69. The van der Waals surface area contributed by atoms with E-state index in [1.54, 1.807) is 13.8 Å². The number of rotatable bonds is 4. The Bertz CT molecular complexity index is 494. The first-order valence-corrected chi connectivity index (χ1v) is 6.69. The van der Waals surface area contributed by atoms with Gasteiger partial charge in [0.2, 0.25) is 11.8 Å². The zero-order valence-electron chi connectivity index (χ0n) is 11.8. The minimum Gasteiger partial charge on any atom is -0.390 e. The Morgan fingerprint density at radius 2 is 1.95 bits per heavy atom. The molecule has 0 aromatic heterocycles. The summed E-state index contributed by atoms with van der Waals surface area (Å²) < 4.78 is 0. The van der Waals surface area contributed by atoms with Gasteiger partial charge in [0.05, 0.1) is 12.1 Å². The summed E-state index contributed by atoms with van der Waals surface area (Å²) in [5.74, 6) is -0.328. The van der Waals surface area contributed by atoms with Gasteiger partial charge in [-0.25, -0.2) is 0 Å². The van der Waals surface area contributed by atoms with Gasteiger partial charge in [-0.05, 0) is 19.4 Å². The molecule has 1 aliphatic rings. The van der Waals surface area contributed by atoms with Gasteiger partial charge in [-0.2, -0.15) is 0 Å². The maximum absolute atomic E-state index is 12.4. The maximum atomic E-state index is 12.4. The molecular weight excluding hydrogens is 256 g/mol. The Kier molecular flexibility index (Phi) is 4.09. The number of benzene rings is 1. The van der Waals surface area contributed by atoms with Crippen molar-refractivity contribution in [1.29, 1.82) is 0 Å². The molecule has 5 nitrogen and oxygen atoms in total. The zero-order valence-corrected chi connectivity index (χ0v) is 11.8. The molecule has 0 saturated carbocycles. The zero-order chi connectivity index (χ0) is 14.8. The molecule has 1 heterocycles. The molecule has 1 aromatic carbocycles. The van der Waals surface area contributed by atoms with Gasteiger partial charge in [0.15, 0.2) is 0 Å². The third kappa shape index (κ3) is 3.81. The summed E-state index contributed by atoms with van der Waals surface area (Å²) in [7, 11) is 0. The van der Waals surface area contributed by atoms with Crippen molar-refractivity contribution in [3.8, 4) is 0 Å². The van der Waals surface area contributed by atoms with Crippen molar-refractivity contribution in [1.82, 2.24) is 10.2 Å². The quantitative estimate of drug-likeness (QED) is 0.849. The standard InChI is InChI=1S/C15H20N2O3/c1-15(2,20)8-12-14(19)17(10-13(18)16-12)9-11-6-4-3-5-7-11/h3-7,12,20H,8-10H2,1-2H3,(H,16,18). The molecule has 1 atom stereocenters. The Hall–Kier alpha value is -1.88. The lowest BCUT2D eigenvalue weighted by Crippen LogP contribution is -2.59. The molecule has 20 heavy (non-hydrogen) atoms. The lowest BCUT2D eigenvalue weighted by atomic mass is 9.96. The van der Waals surface area contributed by atoms with E-state index in [1.165, 1.54) is 4.90 Å². The Labute approximate surface area is 118 Å². The second-order valence-corrected chi connectivity index (χ2v) is 5.82. The molecule has 0 bridgehead atoms. The van der Waals surface area contributed by atoms with E-state index in [2.05, 4.69) is 5.32 Å². The fraction of sp³-hybridized carbons (Fsp3) is 0.467. The molecular formula is C15H20N2O3. The van der Waals surface area contributed by atoms with E-state index in [-0.39, 0.29) is 24.8 Å². The lowest BCUT2D eigenvalue weighted by Gasteiger charge is -2.35. The summed E-state index contributed by atoms with van der Waals surface area (Å²) in [6.45, 7) is 3.73. The molecule has 1 aromatic rings. The Morgan fingerprint density at radius 1 is 1.30 bits per heavy atom. The van der Waals surface area contributed by atoms with Gasteiger partial charge in [-0.3, -0.25) is 9.59 Å². The number of aliphatic hydroxyl groups is 1. The fourth-order valence-electron chi connectivity index (χ4n) is 2.35. The highest BCUT2D eigenvalue weighted by atomic mass is 16.3. The van der Waals surface area contributed by atoms with Gasteiger partial charge in [0.1, 0.15) is 6.04 Å². The largest absolute Gasteiger partial charge is 0.390 e. The number of nitrogens with zero attached hydrogens (tertiary/aromatic N) is 1. The van der Waals surface area contributed by atoms with Crippen LogP contribution in [0, 0.1) is 0 Å². The van der Waals surface area contributed by atoms with Crippen LogP contribution in [0.1, 0.15) is 25.8 Å². The van der Waals surface area contributed by atoms with Crippen molar-refractivity contribution in [3.05, 3.63) is 35.9 Å². The van der Waals surface area contributed by atoms with Crippen molar-refractivity contribution in [2.24, 2.45) is 0 Å². The van der Waals surface area contributed by atoms with Gasteiger partial charge in [0, 0.05) is 13.0 Å². The van der Waals surface area contributed by atoms with Gasteiger partial charge in [-0.1, -0.05) is 30.3 Å². The molecule has 1 saturated heterocycles. The third-order valence-electron chi connectivity index (χ3n) is 3.20. The van der Waals surface area contributed by atoms with Gasteiger partial charge in [-0.15, -0.1) is 0 Å². The van der Waals surface area contributed by atoms with Crippen LogP contribution in [0.3, 0.4) is 0 Å². The number of carbonyl (C=O) groups excluding carboxylic acids is 2. The highest BCUT2D eigenvalue weighted by molar-refractivity contribution is 5.94. The van der Waals surface area contributed by atoms with Crippen LogP contribution in [0.25, 0.3) is 0 Å². The van der Waals surface area contributed by atoms with Crippen LogP contribution < -0.4 is 5.32 Å². The van der Waals surface area contributed by atoms with Crippen LogP contribution >= 0.6 is 0 Å². The van der Waals surface area contributed by atoms with Gasteiger partial charge < -0.3 is 15.3 Å². The summed E-state index contributed by atoms with van der Waals surface area (Å²) in [4.78, 5) is 25.6. The average molecular weight is 276 g/mol. The van der Waals surface area contributed by atoms with Crippen LogP contribution in [0.15, 0.2) is 30.3 Å². The van der Waals surface area contributed by atoms with E-state index in [0.29, 0.717) is 6.54 Å². The van der Waals surface area contributed by atoms with E-state index in [0.717, 1.165) is 5.56 Å². The molecule has 0 radical (unpaired) electrons. The van der Waals surface area contributed by atoms with Crippen LogP contribution in [0.5, 0.6) is 0 Å². The number of hydrogen-bond donors (Lipinski definition) is 2. The van der Waals surface area contributed by atoms with Crippen LogP contribution in [0.2, 0.25) is 0 Å². The number of nitrogens with one attached hydrogen (secondary N) is 1. The monoisotopic (exact) mass is 276 g/mol. The summed E-state index contributed by atoms with van der Waals surface area (Å²) in [5.41, 5.74) is -0.0128. The number of piperazine rings is 1. The molecule has 1 aliphatic heterocycles. The fourth-order valence-corrected chi connectivity index (χ4v) is 2.35. The van der Waals surface area contributed by atoms with Crippen LogP contribution in [-0.4, -0.2) is 40.0 Å². The van der Waals surface area contributed by atoms with E-state index >= 15 is 0 Å². The van der Waals surface area contributed by atoms with Crippen LogP contribution in [-0.2, 0) is 16.1 Å². The molecule has 0 spiro atoms. The second-order valence-electron chi connectivity index (χ2n) is 5.82. The van der Waals surface area contributed by atoms with Crippen molar-refractivity contribution >= 4 is 11.8 Å². The molecule has 5 heteroatoms. The molecule has 1 fully saturated rings. The first-order chi connectivity index (χ1) is 9.35. The molecule has 2 N–H and O–H groups in total. The summed E-state index contributed by atoms with van der Waals surface area (Å²) in [5, 5.41) is 12.5. The predicted molar refractivity (Wildman–Crippen MR) is 74.7 cm³/mol. The van der Waals surface area contributed by atoms with E-state index in [9.17, 15) is 14.7 Å². The van der Waals surface area contributed by atoms with Gasteiger partial charge in [0.25, 0.3) is 0 Å². The maximum Gasteiger partial charge on any atom is 0.246 e. The smallest absolute Gasteiger partial charge is 0.246 e. The molecule has 0 aliphatic carbocycles. The summed E-state index contributed by atoms with van der Waals surface area (Å²) in [6, 6.07) is 8.90. The lowest BCUT2D eigenvalue weighted by molar-refractivity contribution is -0.146. The molecule has 2 amide bonds. The molecule has 1 unspecified atom stereocenters. The Morgan fingerprint density at radius 3 is 2.55 bits per heavy atom. The minimum atomic E-state index is -0.997. The third-order valence-corrected chi connectivity index (χ3v) is 3.20. The summed E-state index contributed by atoms with van der Waals surface area (Å²) >= 11 is 0. The first kappa shape index (κ1) is 14.5. The normalized spacial score (nSPS) is 19.9. The van der Waals surface area contributed by atoms with Crippen molar-refractivity contribution in [2.75, 3.05) is 6.54 Å². The summed E-state index contributed by atoms with van der Waals surface area (Å²) in [6.07, 6.45) is 0.211. The number of carbonyl (C=O) groups is 2. The van der Waals surface area contributed by atoms with E-state index in [1.807, 2.05) is 30.3 Å². The van der Waals surface area contributed by atoms with Crippen LogP contribution in [0.4, 0.5) is 0 Å². The SMILES string of the molecule is CC(C)(O)CC1NC(=O)CN(Cc2ccccc2)C1=O. The van der Waals surface area contributed by atoms with Crippen molar-refractivity contribution < 1.29 is 14.7 Å². The Balaban J connectivity index is 2.09. The van der Waals surface area contributed by atoms with E-state index in [4.69, 9.17) is 0 Å². The average Bonchev–Trinajstić information content (AvgIpc) is 2.34. The van der Waals surface area contributed by atoms with Gasteiger partial charge >= 0.3 is 0 Å².